The van der Waals surface area contributed by atoms with Gasteiger partial charge in [0, 0.05) is 0 Å². The summed E-state index contributed by atoms with van der Waals surface area (Å²) in [6, 6.07) is 6.44. The van der Waals surface area contributed by atoms with Crippen molar-refractivity contribution in [1.29, 1.82) is 0 Å². The molecule has 0 unspecified atom stereocenters. The van der Waals surface area contributed by atoms with Crippen LogP contribution in [-0.4, -0.2) is 9.67 Å². The first-order valence-electron chi connectivity index (χ1n) is 5.85. The smallest absolute Gasteiger partial charge is 0.283 e. The van der Waals surface area contributed by atoms with Crippen LogP contribution in [0.2, 0.25) is 0 Å². The highest BCUT2D eigenvalue weighted by atomic mass is 16.3. The van der Waals surface area contributed by atoms with Crippen molar-refractivity contribution in [2.75, 3.05) is 0 Å². The average Bonchev–Trinajstić information content (AvgIpc) is 2.60. The van der Waals surface area contributed by atoms with Gasteiger partial charge in [0.1, 0.15) is 6.61 Å². The van der Waals surface area contributed by atoms with E-state index in [1.165, 1.54) is 16.6 Å². The molecule has 0 aliphatic heterocycles. The summed E-state index contributed by atoms with van der Waals surface area (Å²) in [6.07, 6.45) is 0. The van der Waals surface area contributed by atoms with Gasteiger partial charge in [-0.1, -0.05) is 6.07 Å². The highest BCUT2D eigenvalue weighted by molar-refractivity contribution is 5.73. The van der Waals surface area contributed by atoms with E-state index in [1.54, 1.807) is 0 Å². The monoisotopic (exact) mass is 219 g/mol. The number of fused-ring (bicyclic) bond motifs is 1. The number of aliphatic hydroxyl groups excluding tert-OH is 1. The van der Waals surface area contributed by atoms with Gasteiger partial charge in [-0.3, -0.25) is 0 Å². The molecule has 16 heavy (non-hydrogen) atoms. The van der Waals surface area contributed by atoms with Gasteiger partial charge in [-0.25, -0.2) is 9.13 Å². The van der Waals surface area contributed by atoms with E-state index in [4.69, 9.17) is 0 Å². The highest BCUT2D eigenvalue weighted by Crippen LogP contribution is 2.16. The summed E-state index contributed by atoms with van der Waals surface area (Å²) in [5, 5.41) is 9.49. The molecule has 0 aliphatic rings. The molecule has 3 nitrogen and oxygen atoms in total. The fraction of sp³-hybridized carbons (Fsp3) is 0.462. The lowest BCUT2D eigenvalue weighted by atomic mass is 10.2. The van der Waals surface area contributed by atoms with Crippen LogP contribution in [0.3, 0.4) is 0 Å². The van der Waals surface area contributed by atoms with Crippen molar-refractivity contribution in [2.24, 2.45) is 0 Å². The first kappa shape index (κ1) is 11.1. The largest absolute Gasteiger partial charge is 0.384 e. The van der Waals surface area contributed by atoms with Gasteiger partial charge >= 0.3 is 0 Å². The molecule has 0 amide bonds. The summed E-state index contributed by atoms with van der Waals surface area (Å²) in [7, 11) is 0. The Bertz CT molecular complexity index is 514. The van der Waals surface area contributed by atoms with E-state index in [0.29, 0.717) is 0 Å². The highest BCUT2D eigenvalue weighted by Gasteiger charge is 2.21. The Morgan fingerprint density at radius 2 is 2.06 bits per heavy atom. The summed E-state index contributed by atoms with van der Waals surface area (Å²) in [6.45, 7) is 8.20. The van der Waals surface area contributed by atoms with E-state index in [2.05, 4.69) is 48.1 Å². The minimum atomic E-state index is 0.0927. The van der Waals surface area contributed by atoms with E-state index in [0.717, 1.165) is 18.9 Å². The fourth-order valence-corrected chi connectivity index (χ4v) is 2.38. The van der Waals surface area contributed by atoms with Crippen molar-refractivity contribution < 1.29 is 9.67 Å². The molecule has 1 aromatic carbocycles. The molecule has 0 fully saturated rings. The Morgan fingerprint density at radius 1 is 1.31 bits per heavy atom. The average molecular weight is 219 g/mol. The zero-order chi connectivity index (χ0) is 11.7. The molecule has 2 aromatic rings. The van der Waals surface area contributed by atoms with E-state index < -0.39 is 0 Å². The summed E-state index contributed by atoms with van der Waals surface area (Å²) in [5.41, 5.74) is 3.68. The third-order valence-electron chi connectivity index (χ3n) is 3.11. The number of hydrogen-bond acceptors (Lipinski definition) is 1. The Labute approximate surface area is 95.9 Å². The molecule has 0 spiro atoms. The zero-order valence-corrected chi connectivity index (χ0v) is 10.2. The maximum Gasteiger partial charge on any atom is 0.283 e. The SMILES string of the molecule is CCn1c(CO)[n+](CC)c2ccc(C)cc21. The molecule has 1 aromatic heterocycles. The Kier molecular flexibility index (Phi) is 2.97. The molecule has 0 saturated carbocycles. The predicted octanol–water partition coefficient (Wildman–Crippen LogP) is 1.77. The number of aliphatic hydroxyl groups is 1. The number of aryl methyl sites for hydroxylation is 3. The second-order valence-electron chi connectivity index (χ2n) is 4.06. The number of nitrogens with zero attached hydrogens (tertiary/aromatic N) is 2. The summed E-state index contributed by atoms with van der Waals surface area (Å²) in [5.74, 6) is 0.991. The van der Waals surface area contributed by atoms with Crippen molar-refractivity contribution in [2.45, 2.75) is 40.5 Å². The Morgan fingerprint density at radius 3 is 2.62 bits per heavy atom. The van der Waals surface area contributed by atoms with Gasteiger partial charge in [0.15, 0.2) is 11.0 Å². The van der Waals surface area contributed by atoms with Crippen LogP contribution in [-0.2, 0) is 19.7 Å². The molecule has 0 atom stereocenters. The molecule has 86 valence electrons. The van der Waals surface area contributed by atoms with Gasteiger partial charge < -0.3 is 5.11 Å². The molecule has 1 N–H and O–H groups in total. The lowest BCUT2D eigenvalue weighted by Gasteiger charge is -1.97. The Balaban J connectivity index is 2.84. The predicted molar refractivity (Wildman–Crippen MR) is 64.1 cm³/mol. The van der Waals surface area contributed by atoms with E-state index in [-0.39, 0.29) is 6.61 Å². The van der Waals surface area contributed by atoms with Crippen molar-refractivity contribution in [3.8, 4) is 0 Å². The van der Waals surface area contributed by atoms with Crippen molar-refractivity contribution >= 4 is 11.0 Å². The summed E-state index contributed by atoms with van der Waals surface area (Å²) >= 11 is 0. The number of hydrogen-bond donors (Lipinski definition) is 1. The number of aromatic nitrogens is 2. The van der Waals surface area contributed by atoms with Gasteiger partial charge in [-0.05, 0) is 38.5 Å². The molecule has 0 bridgehead atoms. The van der Waals surface area contributed by atoms with Crippen molar-refractivity contribution in [3.05, 3.63) is 29.6 Å². The number of rotatable bonds is 3. The second-order valence-corrected chi connectivity index (χ2v) is 4.06. The van der Waals surface area contributed by atoms with Crippen LogP contribution >= 0.6 is 0 Å². The number of imidazole rings is 1. The minimum Gasteiger partial charge on any atom is -0.384 e. The summed E-state index contributed by atoms with van der Waals surface area (Å²) in [4.78, 5) is 0. The van der Waals surface area contributed by atoms with E-state index in [1.807, 2.05) is 0 Å². The van der Waals surface area contributed by atoms with Gasteiger partial charge in [0.05, 0.1) is 13.1 Å². The van der Waals surface area contributed by atoms with Crippen LogP contribution in [0, 0.1) is 6.92 Å². The quantitative estimate of drug-likeness (QED) is 0.783. The Hall–Kier alpha value is -1.35. The lowest BCUT2D eigenvalue weighted by molar-refractivity contribution is -0.678. The van der Waals surface area contributed by atoms with Crippen LogP contribution in [0.4, 0.5) is 0 Å². The molecule has 0 radical (unpaired) electrons. The lowest BCUT2D eigenvalue weighted by Crippen LogP contribution is -2.36. The molecule has 2 rings (SSSR count). The zero-order valence-electron chi connectivity index (χ0n) is 10.2. The normalized spacial score (nSPS) is 11.2. The fourth-order valence-electron chi connectivity index (χ4n) is 2.38. The third-order valence-corrected chi connectivity index (χ3v) is 3.11. The van der Waals surface area contributed by atoms with Crippen molar-refractivity contribution in [3.63, 3.8) is 0 Å². The van der Waals surface area contributed by atoms with Crippen LogP contribution < -0.4 is 4.57 Å². The van der Waals surface area contributed by atoms with Crippen LogP contribution in [0.1, 0.15) is 25.2 Å². The molecule has 0 aliphatic carbocycles. The van der Waals surface area contributed by atoms with Gasteiger partial charge in [0.25, 0.3) is 5.82 Å². The van der Waals surface area contributed by atoms with E-state index in [9.17, 15) is 5.11 Å². The van der Waals surface area contributed by atoms with Gasteiger partial charge in [-0.2, -0.15) is 0 Å². The molecular formula is C13H19N2O+. The maximum absolute atomic E-state index is 9.49. The minimum absolute atomic E-state index is 0.0927. The third kappa shape index (κ3) is 1.52. The second kappa shape index (κ2) is 4.26. The van der Waals surface area contributed by atoms with Gasteiger partial charge in [-0.15, -0.1) is 0 Å². The molecular weight excluding hydrogens is 200 g/mol. The van der Waals surface area contributed by atoms with Crippen LogP contribution in [0.25, 0.3) is 11.0 Å². The van der Waals surface area contributed by atoms with Crippen LogP contribution in [0.15, 0.2) is 18.2 Å². The topological polar surface area (TPSA) is 29.0 Å². The first-order valence-corrected chi connectivity index (χ1v) is 5.85. The molecule has 0 saturated heterocycles. The molecule has 1 heterocycles. The van der Waals surface area contributed by atoms with Crippen LogP contribution in [0.5, 0.6) is 0 Å². The standard InChI is InChI=1S/C13H19N2O/c1-4-14-11-7-6-10(3)8-12(11)15(5-2)13(14)9-16/h6-8,16H,4-5,9H2,1-3H3/q+1. The molecule has 3 heteroatoms. The summed E-state index contributed by atoms with van der Waals surface area (Å²) < 4.78 is 4.37. The maximum atomic E-state index is 9.49. The number of benzene rings is 1. The van der Waals surface area contributed by atoms with E-state index >= 15 is 0 Å². The van der Waals surface area contributed by atoms with Crippen molar-refractivity contribution in [1.82, 2.24) is 4.57 Å². The van der Waals surface area contributed by atoms with Gasteiger partial charge in [0.2, 0.25) is 0 Å². The first-order chi connectivity index (χ1) is 7.72.